The lowest BCUT2D eigenvalue weighted by Gasteiger charge is -2.31. The molecule has 4 aliphatic heterocycles. The summed E-state index contributed by atoms with van der Waals surface area (Å²) in [7, 11) is 0. The molecule has 0 saturated carbocycles. The minimum Gasteiger partial charge on any atom is -0.312 e. The molecule has 1 atom stereocenters. The number of hydrogen-bond acceptors (Lipinski definition) is 8. The molecule has 36 heavy (non-hydrogen) atoms. The quantitative estimate of drug-likeness (QED) is 0.609. The second-order valence-electron chi connectivity index (χ2n) is 10.0. The molecule has 2 aromatic rings. The lowest BCUT2D eigenvalue weighted by molar-refractivity contribution is -0.136. The molecule has 0 aliphatic carbocycles. The van der Waals surface area contributed by atoms with Gasteiger partial charge < -0.3 is 5.32 Å². The molecule has 1 aromatic carbocycles. The van der Waals surface area contributed by atoms with E-state index in [1.165, 1.54) is 11.3 Å². The summed E-state index contributed by atoms with van der Waals surface area (Å²) >= 11 is 0. The number of carbonyl (C=O) groups excluding carboxylic acids is 4. The van der Waals surface area contributed by atoms with Crippen molar-refractivity contribution in [1.29, 1.82) is 0 Å². The van der Waals surface area contributed by atoms with Gasteiger partial charge in [-0.25, -0.2) is 9.97 Å². The smallest absolute Gasteiger partial charge is 0.262 e. The normalized spacial score (nSPS) is 23.0. The van der Waals surface area contributed by atoms with Crippen LogP contribution in [0.3, 0.4) is 0 Å². The van der Waals surface area contributed by atoms with Crippen molar-refractivity contribution in [3.05, 3.63) is 58.2 Å². The van der Waals surface area contributed by atoms with Crippen molar-refractivity contribution in [3.63, 3.8) is 0 Å². The van der Waals surface area contributed by atoms with Crippen LogP contribution in [0.25, 0.3) is 0 Å². The predicted molar refractivity (Wildman–Crippen MR) is 128 cm³/mol. The number of fused-ring (bicyclic) bond motifs is 2. The number of benzene rings is 1. The zero-order chi connectivity index (χ0) is 24.8. The SMILES string of the molecule is O=C1CCC(N2C(=O)c3ccc(CN4CCC(c5ncc6c(n5)CCNC6)CC4)cc3C2=O)C(=O)N1. The van der Waals surface area contributed by atoms with Gasteiger partial charge in [-0.15, -0.1) is 0 Å². The third kappa shape index (κ3) is 4.10. The van der Waals surface area contributed by atoms with Crippen molar-refractivity contribution >= 4 is 23.6 Å². The van der Waals surface area contributed by atoms with Crippen LogP contribution in [0.2, 0.25) is 0 Å². The number of amides is 4. The van der Waals surface area contributed by atoms with Gasteiger partial charge >= 0.3 is 0 Å². The fraction of sp³-hybridized carbons (Fsp3) is 0.462. The molecule has 1 aromatic heterocycles. The minimum absolute atomic E-state index is 0.110. The third-order valence-electron chi connectivity index (χ3n) is 7.69. The van der Waals surface area contributed by atoms with Crippen molar-refractivity contribution < 1.29 is 19.2 Å². The van der Waals surface area contributed by atoms with E-state index in [2.05, 4.69) is 20.5 Å². The maximum atomic E-state index is 13.1. The second-order valence-corrected chi connectivity index (χ2v) is 10.0. The van der Waals surface area contributed by atoms with Crippen molar-refractivity contribution in [2.45, 2.75) is 57.2 Å². The molecule has 1 unspecified atom stereocenters. The molecule has 10 nitrogen and oxygen atoms in total. The summed E-state index contributed by atoms with van der Waals surface area (Å²) in [6.07, 6.45) is 5.13. The monoisotopic (exact) mass is 488 g/mol. The number of piperidine rings is 2. The molecule has 0 bridgehead atoms. The average molecular weight is 489 g/mol. The van der Waals surface area contributed by atoms with E-state index in [1.54, 1.807) is 12.1 Å². The Labute approximate surface area is 208 Å². The third-order valence-corrected chi connectivity index (χ3v) is 7.69. The van der Waals surface area contributed by atoms with E-state index in [1.807, 2.05) is 12.3 Å². The van der Waals surface area contributed by atoms with Crippen LogP contribution in [0.1, 0.15) is 75.0 Å². The summed E-state index contributed by atoms with van der Waals surface area (Å²) in [5.74, 6) is -0.617. The molecule has 4 aliphatic rings. The zero-order valence-electron chi connectivity index (χ0n) is 20.0. The standard InChI is InChI=1S/C26H28N6O4/c33-22-4-3-21(24(34)30-22)32-25(35)18-2-1-15(11-19(18)26(32)36)14-31-9-6-16(7-10-31)23-28-13-17-12-27-8-5-20(17)29-23/h1-2,11,13,16,21,27H,3-10,12,14H2,(H,30,33,34). The van der Waals surface area contributed by atoms with Gasteiger partial charge in [-0.05, 0) is 50.0 Å². The fourth-order valence-corrected chi connectivity index (χ4v) is 5.67. The van der Waals surface area contributed by atoms with Crippen LogP contribution in [-0.4, -0.2) is 69.1 Å². The van der Waals surface area contributed by atoms with Gasteiger partial charge in [-0.3, -0.25) is 34.3 Å². The zero-order valence-corrected chi connectivity index (χ0v) is 20.0. The van der Waals surface area contributed by atoms with E-state index < -0.39 is 23.8 Å². The first kappa shape index (κ1) is 22.9. The molecular formula is C26H28N6O4. The van der Waals surface area contributed by atoms with Crippen molar-refractivity contribution in [1.82, 2.24) is 30.4 Å². The maximum absolute atomic E-state index is 13.1. The van der Waals surface area contributed by atoms with Gasteiger partial charge in [-0.1, -0.05) is 6.07 Å². The Morgan fingerprint density at radius 1 is 0.972 bits per heavy atom. The van der Waals surface area contributed by atoms with Crippen LogP contribution >= 0.6 is 0 Å². The van der Waals surface area contributed by atoms with Gasteiger partial charge in [-0.2, -0.15) is 0 Å². The van der Waals surface area contributed by atoms with Crippen LogP contribution in [0.4, 0.5) is 0 Å². The average Bonchev–Trinajstić information content (AvgIpc) is 3.13. The first-order chi connectivity index (χ1) is 17.5. The first-order valence-corrected chi connectivity index (χ1v) is 12.6. The summed E-state index contributed by atoms with van der Waals surface area (Å²) in [5.41, 5.74) is 3.96. The summed E-state index contributed by atoms with van der Waals surface area (Å²) in [5, 5.41) is 5.58. The number of imide groups is 2. The highest BCUT2D eigenvalue weighted by Crippen LogP contribution is 2.30. The molecule has 5 heterocycles. The fourth-order valence-electron chi connectivity index (χ4n) is 5.67. The molecule has 0 spiro atoms. The Hall–Kier alpha value is -3.50. The molecule has 0 radical (unpaired) electrons. The molecule has 2 N–H and O–H groups in total. The number of nitrogens with one attached hydrogen (secondary N) is 2. The molecule has 2 saturated heterocycles. The van der Waals surface area contributed by atoms with Crippen molar-refractivity contribution in [3.8, 4) is 0 Å². The van der Waals surface area contributed by atoms with E-state index in [0.717, 1.165) is 61.7 Å². The molecule has 186 valence electrons. The summed E-state index contributed by atoms with van der Waals surface area (Å²) in [6, 6.07) is 4.39. The van der Waals surface area contributed by atoms with Crippen LogP contribution in [0.15, 0.2) is 24.4 Å². The van der Waals surface area contributed by atoms with E-state index in [0.29, 0.717) is 23.6 Å². The van der Waals surface area contributed by atoms with Gasteiger partial charge in [0.2, 0.25) is 11.8 Å². The molecule has 4 amide bonds. The first-order valence-electron chi connectivity index (χ1n) is 12.6. The number of rotatable bonds is 4. The van der Waals surface area contributed by atoms with Crippen LogP contribution < -0.4 is 10.6 Å². The summed E-state index contributed by atoms with van der Waals surface area (Å²) < 4.78 is 0. The summed E-state index contributed by atoms with van der Waals surface area (Å²) in [4.78, 5) is 62.6. The second kappa shape index (κ2) is 9.18. The van der Waals surface area contributed by atoms with Crippen molar-refractivity contribution in [2.75, 3.05) is 19.6 Å². The highest BCUT2D eigenvalue weighted by molar-refractivity contribution is 6.23. The predicted octanol–water partition coefficient (Wildman–Crippen LogP) is 0.903. The Morgan fingerprint density at radius 2 is 1.78 bits per heavy atom. The van der Waals surface area contributed by atoms with Crippen molar-refractivity contribution in [2.24, 2.45) is 0 Å². The van der Waals surface area contributed by atoms with Crippen LogP contribution in [0, 0.1) is 0 Å². The van der Waals surface area contributed by atoms with E-state index >= 15 is 0 Å². The van der Waals surface area contributed by atoms with Gasteiger partial charge in [0.05, 0.1) is 11.1 Å². The highest BCUT2D eigenvalue weighted by Gasteiger charge is 2.44. The molecule has 2 fully saturated rings. The van der Waals surface area contributed by atoms with Gasteiger partial charge in [0.25, 0.3) is 11.8 Å². The van der Waals surface area contributed by atoms with E-state index in [4.69, 9.17) is 4.98 Å². The van der Waals surface area contributed by atoms with Gasteiger partial charge in [0.15, 0.2) is 0 Å². The molecule has 6 rings (SSSR count). The van der Waals surface area contributed by atoms with E-state index in [-0.39, 0.29) is 18.7 Å². The van der Waals surface area contributed by atoms with Crippen LogP contribution in [0.5, 0.6) is 0 Å². The van der Waals surface area contributed by atoms with E-state index in [9.17, 15) is 19.2 Å². The number of nitrogens with zero attached hydrogens (tertiary/aromatic N) is 4. The summed E-state index contributed by atoms with van der Waals surface area (Å²) in [6.45, 7) is 4.28. The topological polar surface area (TPSA) is 125 Å². The Kier molecular flexibility index (Phi) is 5.85. The Morgan fingerprint density at radius 3 is 2.58 bits per heavy atom. The lowest BCUT2D eigenvalue weighted by Crippen LogP contribution is -2.54. The number of likely N-dealkylation sites (tertiary alicyclic amines) is 1. The molecular weight excluding hydrogens is 460 g/mol. The number of carbonyl (C=O) groups is 4. The minimum atomic E-state index is -0.945. The van der Waals surface area contributed by atoms with Crippen LogP contribution in [-0.2, 0) is 29.1 Å². The number of hydrogen-bond donors (Lipinski definition) is 2. The largest absolute Gasteiger partial charge is 0.312 e. The van der Waals surface area contributed by atoms with Gasteiger partial charge in [0.1, 0.15) is 11.9 Å². The lowest BCUT2D eigenvalue weighted by atomic mass is 9.95. The highest BCUT2D eigenvalue weighted by atomic mass is 16.2. The maximum Gasteiger partial charge on any atom is 0.262 e. The van der Waals surface area contributed by atoms with Gasteiger partial charge in [0, 0.05) is 55.8 Å². The Balaban J connectivity index is 1.10. The molecule has 10 heteroatoms. The Bertz CT molecular complexity index is 1270. The number of aromatic nitrogens is 2.